The summed E-state index contributed by atoms with van der Waals surface area (Å²) in [4.78, 5) is 21.0. The largest absolute Gasteiger partial charge is 0.865 e. The van der Waals surface area contributed by atoms with Crippen molar-refractivity contribution < 1.29 is 30.0 Å². The lowest BCUT2D eigenvalue weighted by molar-refractivity contribution is -0.690. The van der Waals surface area contributed by atoms with Gasteiger partial charge in [0.2, 0.25) is 0 Å². The number of nitrogens with zero attached hydrogens (tertiary/aromatic N) is 1. The average molecular weight is 313 g/mol. The standard InChI is InChI=1S/C12H14N2O6S/c1-2-20-9-4-6(3-8(10(9)15)14(18)19)11-13-7(5-21-11)12(16)17/h3-4,7,11,13,15H,2,5H2,1H3,(H,16,17)/p-1/t7-,11+/m0/s1. The predicted molar refractivity (Wildman–Crippen MR) is 69.6 cm³/mol. The molecule has 0 spiro atoms. The number of aliphatic carboxylic acids is 1. The Kier molecular flexibility index (Phi) is 4.53. The molecule has 1 aliphatic rings. The quantitative estimate of drug-likeness (QED) is 0.516. The number of ether oxygens (including phenoxy) is 1. The summed E-state index contributed by atoms with van der Waals surface area (Å²) in [6.45, 7) is 1.87. The van der Waals surface area contributed by atoms with Gasteiger partial charge in [-0.2, -0.15) is 0 Å². The van der Waals surface area contributed by atoms with Crippen molar-refractivity contribution in [3.8, 4) is 11.5 Å². The zero-order valence-corrected chi connectivity index (χ0v) is 11.9. The monoisotopic (exact) mass is 313 g/mol. The van der Waals surface area contributed by atoms with Crippen LogP contribution in [0.5, 0.6) is 11.5 Å². The zero-order valence-electron chi connectivity index (χ0n) is 11.1. The van der Waals surface area contributed by atoms with E-state index in [0.717, 1.165) is 0 Å². The molecular weight excluding hydrogens is 300 g/mol. The van der Waals surface area contributed by atoms with Gasteiger partial charge in [-0.15, -0.1) is 0 Å². The van der Waals surface area contributed by atoms with E-state index in [0.29, 0.717) is 11.3 Å². The first-order chi connectivity index (χ1) is 9.93. The van der Waals surface area contributed by atoms with Gasteiger partial charge in [0.1, 0.15) is 17.8 Å². The van der Waals surface area contributed by atoms with Crippen LogP contribution in [0.1, 0.15) is 17.9 Å². The molecule has 0 amide bonds. The minimum atomic E-state index is -1.18. The number of nitro groups is 1. The van der Waals surface area contributed by atoms with Crippen molar-refractivity contribution in [3.05, 3.63) is 27.8 Å². The highest BCUT2D eigenvalue weighted by Crippen LogP contribution is 2.39. The molecule has 1 aliphatic heterocycles. The van der Waals surface area contributed by atoms with Gasteiger partial charge >= 0.3 is 0 Å². The number of benzene rings is 1. The fourth-order valence-corrected chi connectivity index (χ4v) is 3.35. The van der Waals surface area contributed by atoms with Crippen molar-refractivity contribution in [2.75, 3.05) is 12.4 Å². The van der Waals surface area contributed by atoms with Gasteiger partial charge in [0.25, 0.3) is 5.69 Å². The molecule has 2 N–H and O–H groups in total. The highest BCUT2D eigenvalue weighted by molar-refractivity contribution is 7.99. The maximum atomic E-state index is 11.9. The number of hydrogen-bond donors (Lipinski definition) is 1. The van der Waals surface area contributed by atoms with Gasteiger partial charge in [-0.05, 0) is 13.0 Å². The van der Waals surface area contributed by atoms with E-state index in [9.17, 15) is 25.1 Å². The van der Waals surface area contributed by atoms with Crippen LogP contribution < -0.4 is 20.3 Å². The van der Waals surface area contributed by atoms with Crippen molar-refractivity contribution in [1.29, 1.82) is 0 Å². The number of rotatable bonds is 5. The number of carboxylic acid groups (broad SMARTS) is 1. The molecule has 1 aromatic rings. The third kappa shape index (κ3) is 3.19. The third-order valence-electron chi connectivity index (χ3n) is 3.05. The Hall–Kier alpha value is -2.00. The Morgan fingerprint density at radius 1 is 1.57 bits per heavy atom. The highest BCUT2D eigenvalue weighted by Gasteiger charge is 2.32. The van der Waals surface area contributed by atoms with Crippen LogP contribution in [0.2, 0.25) is 0 Å². The fourth-order valence-electron chi connectivity index (χ4n) is 2.05. The van der Waals surface area contributed by atoms with E-state index in [1.54, 1.807) is 12.2 Å². The van der Waals surface area contributed by atoms with E-state index in [-0.39, 0.29) is 17.7 Å². The summed E-state index contributed by atoms with van der Waals surface area (Å²) in [5.74, 6) is -1.70. The smallest absolute Gasteiger partial charge is 0.265 e. The second-order valence-corrected chi connectivity index (χ2v) is 5.60. The lowest BCUT2D eigenvalue weighted by Gasteiger charge is -2.17. The van der Waals surface area contributed by atoms with Crippen molar-refractivity contribution >= 4 is 23.4 Å². The van der Waals surface area contributed by atoms with Crippen LogP contribution in [0, 0.1) is 10.1 Å². The summed E-state index contributed by atoms with van der Waals surface area (Å²) in [6, 6.07) is 1.91. The van der Waals surface area contributed by atoms with Crippen molar-refractivity contribution in [2.24, 2.45) is 0 Å². The molecule has 0 unspecified atom stereocenters. The van der Waals surface area contributed by atoms with Gasteiger partial charge in [0.15, 0.2) is 5.37 Å². The van der Waals surface area contributed by atoms with E-state index in [1.807, 2.05) is 0 Å². The molecule has 1 aromatic carbocycles. The van der Waals surface area contributed by atoms with Gasteiger partial charge in [-0.3, -0.25) is 10.1 Å². The lowest BCUT2D eigenvalue weighted by atomic mass is 10.1. The number of carbonyl (C=O) groups is 1. The van der Waals surface area contributed by atoms with Crippen LogP contribution in [0.3, 0.4) is 0 Å². The molecule has 0 aromatic heterocycles. The van der Waals surface area contributed by atoms with E-state index in [1.165, 1.54) is 23.9 Å². The van der Waals surface area contributed by atoms with Gasteiger partial charge < -0.3 is 25.1 Å². The third-order valence-corrected chi connectivity index (χ3v) is 4.39. The number of quaternary nitrogens is 1. The van der Waals surface area contributed by atoms with Gasteiger partial charge in [0, 0.05) is 17.4 Å². The van der Waals surface area contributed by atoms with Crippen molar-refractivity contribution in [2.45, 2.75) is 18.3 Å². The average Bonchev–Trinajstić information content (AvgIpc) is 2.90. The van der Waals surface area contributed by atoms with Crippen molar-refractivity contribution in [3.63, 3.8) is 0 Å². The molecule has 8 nitrogen and oxygen atoms in total. The zero-order chi connectivity index (χ0) is 15.6. The minimum absolute atomic E-state index is 0.0902. The molecule has 1 fully saturated rings. The predicted octanol–water partition coefficient (Wildman–Crippen LogP) is -1.51. The number of carbonyl (C=O) groups excluding carboxylic acids is 1. The molecule has 114 valence electrons. The number of thioether (sulfide) groups is 1. The lowest BCUT2D eigenvalue weighted by Crippen LogP contribution is -2.90. The summed E-state index contributed by atoms with van der Waals surface area (Å²) in [5, 5.41) is 34.9. The topological polar surface area (TPSA) is 132 Å². The maximum absolute atomic E-state index is 11.9. The number of nitro benzene ring substituents is 1. The second kappa shape index (κ2) is 6.19. The van der Waals surface area contributed by atoms with Crippen LogP contribution in [0.4, 0.5) is 5.69 Å². The van der Waals surface area contributed by atoms with E-state index < -0.39 is 28.4 Å². The van der Waals surface area contributed by atoms with Crippen LogP contribution in [-0.4, -0.2) is 29.3 Å². The number of hydrogen-bond acceptors (Lipinski definition) is 7. The van der Waals surface area contributed by atoms with E-state index in [2.05, 4.69) is 0 Å². The number of carboxylic acids is 1. The van der Waals surface area contributed by atoms with Crippen LogP contribution in [-0.2, 0) is 4.79 Å². The summed E-state index contributed by atoms with van der Waals surface area (Å²) in [7, 11) is 0. The molecule has 2 atom stereocenters. The first kappa shape index (κ1) is 15.4. The Labute approximate surface area is 124 Å². The normalized spacial score (nSPS) is 21.2. The Balaban J connectivity index is 2.35. The molecule has 1 heterocycles. The number of nitrogens with two attached hydrogens (primary N) is 1. The van der Waals surface area contributed by atoms with Crippen LogP contribution >= 0.6 is 11.8 Å². The Morgan fingerprint density at radius 2 is 2.29 bits per heavy atom. The molecule has 0 radical (unpaired) electrons. The van der Waals surface area contributed by atoms with Crippen LogP contribution in [0.15, 0.2) is 12.1 Å². The molecule has 9 heteroatoms. The molecule has 1 saturated heterocycles. The first-order valence-electron chi connectivity index (χ1n) is 6.23. The highest BCUT2D eigenvalue weighted by atomic mass is 32.2. The minimum Gasteiger partial charge on any atom is -0.865 e. The van der Waals surface area contributed by atoms with Gasteiger partial charge in [-0.25, -0.2) is 0 Å². The molecule has 21 heavy (non-hydrogen) atoms. The molecule has 0 bridgehead atoms. The maximum Gasteiger partial charge on any atom is 0.265 e. The molecule has 0 saturated carbocycles. The summed E-state index contributed by atoms with van der Waals surface area (Å²) >= 11 is 1.33. The summed E-state index contributed by atoms with van der Waals surface area (Å²) < 4.78 is 5.13. The first-order valence-corrected chi connectivity index (χ1v) is 7.28. The fraction of sp³-hybridized carbons (Fsp3) is 0.417. The Bertz CT molecular complexity index is 579. The molecule has 0 aliphatic carbocycles. The summed E-state index contributed by atoms with van der Waals surface area (Å²) in [5.41, 5.74) is -0.0830. The molecular formula is C12H13N2O6S-. The second-order valence-electron chi connectivity index (χ2n) is 4.43. The summed E-state index contributed by atoms with van der Waals surface area (Å²) in [6.07, 6.45) is 0. The van der Waals surface area contributed by atoms with Gasteiger partial charge in [-0.1, -0.05) is 11.8 Å². The Morgan fingerprint density at radius 3 is 2.81 bits per heavy atom. The van der Waals surface area contributed by atoms with Crippen molar-refractivity contribution in [1.82, 2.24) is 0 Å². The van der Waals surface area contributed by atoms with E-state index in [4.69, 9.17) is 4.74 Å². The molecule has 2 rings (SSSR count). The van der Waals surface area contributed by atoms with Crippen LogP contribution in [0.25, 0.3) is 0 Å². The SMILES string of the molecule is CCOc1cc([C@@H]2[NH2+][C@H](C(=O)[O-])CS2)cc([N+](=O)[O-])c1[O-]. The van der Waals surface area contributed by atoms with Gasteiger partial charge in [0.05, 0.1) is 17.3 Å². The van der Waals surface area contributed by atoms with E-state index >= 15 is 0 Å².